The summed E-state index contributed by atoms with van der Waals surface area (Å²) in [5.74, 6) is 3.46. The molecule has 0 bridgehead atoms. The van der Waals surface area contributed by atoms with Crippen molar-refractivity contribution in [1.29, 1.82) is 0 Å². The van der Waals surface area contributed by atoms with E-state index in [1.807, 2.05) is 6.92 Å². The first-order valence-corrected chi connectivity index (χ1v) is 12.7. The minimum absolute atomic E-state index is 0.0541. The van der Waals surface area contributed by atoms with E-state index in [4.69, 9.17) is 4.74 Å². The SMILES string of the molecule is CCOC(=O)CC[C@@H](C)[C@H]1CC[C@H]2[C@@H]3C[C@H](O)[C@@H]4C[C@H](O)CC[C@]4(C)[C@H]3CC[C@]12C. The highest BCUT2D eigenvalue weighted by Gasteiger charge is 2.62. The van der Waals surface area contributed by atoms with Gasteiger partial charge in [0.2, 0.25) is 0 Å². The van der Waals surface area contributed by atoms with E-state index in [1.165, 1.54) is 25.7 Å². The van der Waals surface area contributed by atoms with E-state index in [-0.39, 0.29) is 29.5 Å². The molecule has 2 N–H and O–H groups in total. The van der Waals surface area contributed by atoms with Crippen molar-refractivity contribution in [1.82, 2.24) is 0 Å². The fourth-order valence-electron chi connectivity index (χ4n) is 9.03. The van der Waals surface area contributed by atoms with Gasteiger partial charge in [-0.3, -0.25) is 4.79 Å². The van der Waals surface area contributed by atoms with Gasteiger partial charge < -0.3 is 14.9 Å². The first-order chi connectivity index (χ1) is 14.2. The molecular weight excluding hydrogens is 376 g/mol. The molecule has 4 rings (SSSR count). The van der Waals surface area contributed by atoms with Crippen LogP contribution in [0.15, 0.2) is 0 Å². The number of hydrogen-bond acceptors (Lipinski definition) is 4. The Kier molecular flexibility index (Phi) is 6.31. The van der Waals surface area contributed by atoms with Gasteiger partial charge in [-0.15, -0.1) is 0 Å². The second kappa shape index (κ2) is 8.39. The van der Waals surface area contributed by atoms with Crippen LogP contribution < -0.4 is 0 Å². The Morgan fingerprint density at radius 2 is 1.70 bits per heavy atom. The van der Waals surface area contributed by atoms with Gasteiger partial charge in [-0.2, -0.15) is 0 Å². The Morgan fingerprint density at radius 1 is 1.00 bits per heavy atom. The van der Waals surface area contributed by atoms with E-state index in [1.54, 1.807) is 0 Å². The predicted octanol–water partition coefficient (Wildman–Crippen LogP) is 4.96. The lowest BCUT2D eigenvalue weighted by Crippen LogP contribution is -2.58. The van der Waals surface area contributed by atoms with Crippen LogP contribution in [-0.4, -0.2) is 35.0 Å². The summed E-state index contributed by atoms with van der Waals surface area (Å²) in [5, 5.41) is 21.4. The zero-order valence-electron chi connectivity index (χ0n) is 19.6. The van der Waals surface area contributed by atoms with Gasteiger partial charge in [0, 0.05) is 6.42 Å². The zero-order chi connectivity index (χ0) is 21.7. The molecule has 4 heteroatoms. The van der Waals surface area contributed by atoms with Crippen LogP contribution in [0, 0.1) is 46.3 Å². The lowest BCUT2D eigenvalue weighted by atomic mass is 9.44. The van der Waals surface area contributed by atoms with Crippen molar-refractivity contribution in [3.05, 3.63) is 0 Å². The third-order valence-electron chi connectivity index (χ3n) is 10.5. The Balaban J connectivity index is 1.48. The van der Waals surface area contributed by atoms with Crippen LogP contribution in [-0.2, 0) is 9.53 Å². The highest BCUT2D eigenvalue weighted by Crippen LogP contribution is 2.68. The number of carbonyl (C=O) groups is 1. The largest absolute Gasteiger partial charge is 0.466 e. The average molecular weight is 421 g/mol. The van der Waals surface area contributed by atoms with E-state index in [0.29, 0.717) is 48.0 Å². The first kappa shape index (κ1) is 22.6. The van der Waals surface area contributed by atoms with Gasteiger partial charge in [0.15, 0.2) is 0 Å². The molecule has 0 aromatic carbocycles. The zero-order valence-corrected chi connectivity index (χ0v) is 19.6. The van der Waals surface area contributed by atoms with Crippen molar-refractivity contribution in [3.8, 4) is 0 Å². The fraction of sp³-hybridized carbons (Fsp3) is 0.962. The number of aliphatic hydroxyl groups is 2. The van der Waals surface area contributed by atoms with Crippen molar-refractivity contribution >= 4 is 5.97 Å². The molecule has 0 saturated heterocycles. The summed E-state index contributed by atoms with van der Waals surface area (Å²) in [6.45, 7) is 9.65. The van der Waals surface area contributed by atoms with E-state index >= 15 is 0 Å². The number of fused-ring (bicyclic) bond motifs is 5. The summed E-state index contributed by atoms with van der Waals surface area (Å²) in [6, 6.07) is 0. The molecule has 30 heavy (non-hydrogen) atoms. The van der Waals surface area contributed by atoms with Gasteiger partial charge in [0.1, 0.15) is 0 Å². The number of aliphatic hydroxyl groups excluding tert-OH is 2. The molecule has 0 radical (unpaired) electrons. The molecule has 4 saturated carbocycles. The molecule has 0 aromatic heterocycles. The monoisotopic (exact) mass is 420 g/mol. The lowest BCUT2D eigenvalue weighted by Gasteiger charge is -2.62. The molecular formula is C26H44O4. The highest BCUT2D eigenvalue weighted by molar-refractivity contribution is 5.69. The molecule has 0 spiro atoms. The van der Waals surface area contributed by atoms with Crippen molar-refractivity contribution in [3.63, 3.8) is 0 Å². The highest BCUT2D eigenvalue weighted by atomic mass is 16.5. The summed E-state index contributed by atoms with van der Waals surface area (Å²) >= 11 is 0. The van der Waals surface area contributed by atoms with E-state index in [2.05, 4.69) is 20.8 Å². The van der Waals surface area contributed by atoms with Gasteiger partial charge in [-0.1, -0.05) is 20.8 Å². The van der Waals surface area contributed by atoms with Gasteiger partial charge in [0.25, 0.3) is 0 Å². The van der Waals surface area contributed by atoms with E-state index in [0.717, 1.165) is 32.1 Å². The standard InChI is InChI=1S/C26H44O4/c1-5-30-24(29)9-6-16(2)19-7-8-20-18-15-23(28)22-14-17(27)10-12-26(22,4)21(18)11-13-25(19,20)3/h16-23,27-28H,5-15H2,1-4H3/t16-,17-,18+,19-,20+,21+,22+,23+,25-,26-/m1/s1. The number of hydrogen-bond donors (Lipinski definition) is 2. The molecule has 4 aliphatic carbocycles. The number of carbonyl (C=O) groups excluding carboxylic acids is 1. The summed E-state index contributed by atoms with van der Waals surface area (Å²) in [5.41, 5.74) is 0.531. The smallest absolute Gasteiger partial charge is 0.305 e. The van der Waals surface area contributed by atoms with Crippen LogP contribution in [0.4, 0.5) is 0 Å². The van der Waals surface area contributed by atoms with Gasteiger partial charge in [0.05, 0.1) is 18.8 Å². The Morgan fingerprint density at radius 3 is 2.43 bits per heavy atom. The molecule has 0 unspecified atom stereocenters. The second-order valence-corrected chi connectivity index (χ2v) is 11.8. The van der Waals surface area contributed by atoms with E-state index in [9.17, 15) is 15.0 Å². The van der Waals surface area contributed by atoms with Crippen LogP contribution in [0.3, 0.4) is 0 Å². The molecule has 0 heterocycles. The summed E-state index contributed by atoms with van der Waals surface area (Å²) in [7, 11) is 0. The number of ether oxygens (including phenoxy) is 1. The maximum absolute atomic E-state index is 11.9. The molecule has 0 aliphatic heterocycles. The molecule has 10 atom stereocenters. The summed E-state index contributed by atoms with van der Waals surface area (Å²) < 4.78 is 5.15. The minimum Gasteiger partial charge on any atom is -0.466 e. The number of rotatable bonds is 5. The van der Waals surface area contributed by atoms with Crippen molar-refractivity contribution in [2.45, 2.75) is 104 Å². The van der Waals surface area contributed by atoms with Crippen LogP contribution >= 0.6 is 0 Å². The van der Waals surface area contributed by atoms with Crippen LogP contribution in [0.1, 0.15) is 91.9 Å². The quantitative estimate of drug-likeness (QED) is 0.617. The predicted molar refractivity (Wildman–Crippen MR) is 118 cm³/mol. The van der Waals surface area contributed by atoms with Crippen LogP contribution in [0.25, 0.3) is 0 Å². The van der Waals surface area contributed by atoms with Crippen LogP contribution in [0.5, 0.6) is 0 Å². The van der Waals surface area contributed by atoms with Gasteiger partial charge >= 0.3 is 5.97 Å². The fourth-order valence-corrected chi connectivity index (χ4v) is 9.03. The van der Waals surface area contributed by atoms with Gasteiger partial charge in [-0.25, -0.2) is 0 Å². The molecule has 4 aliphatic rings. The first-order valence-electron chi connectivity index (χ1n) is 12.7. The van der Waals surface area contributed by atoms with E-state index < -0.39 is 0 Å². The summed E-state index contributed by atoms with van der Waals surface area (Å²) in [6.07, 6.45) is 9.79. The molecule has 4 fully saturated rings. The lowest BCUT2D eigenvalue weighted by molar-refractivity contribution is -0.172. The van der Waals surface area contributed by atoms with Crippen molar-refractivity contribution < 1.29 is 19.7 Å². The molecule has 0 amide bonds. The Hall–Kier alpha value is -0.610. The van der Waals surface area contributed by atoms with Crippen LogP contribution in [0.2, 0.25) is 0 Å². The third kappa shape index (κ3) is 3.64. The normalized spacial score (nSPS) is 48.9. The van der Waals surface area contributed by atoms with Crippen molar-refractivity contribution in [2.24, 2.45) is 46.3 Å². The molecule has 172 valence electrons. The Labute approximate surface area is 183 Å². The minimum atomic E-state index is -0.256. The summed E-state index contributed by atoms with van der Waals surface area (Å²) in [4.78, 5) is 11.9. The number of esters is 1. The maximum Gasteiger partial charge on any atom is 0.305 e. The second-order valence-electron chi connectivity index (χ2n) is 11.8. The van der Waals surface area contributed by atoms with Crippen molar-refractivity contribution in [2.75, 3.05) is 6.61 Å². The maximum atomic E-state index is 11.9. The van der Waals surface area contributed by atoms with Gasteiger partial charge in [-0.05, 0) is 111 Å². The average Bonchev–Trinajstić information content (AvgIpc) is 3.05. The Bertz CT molecular complexity index is 635. The molecule has 0 aromatic rings. The third-order valence-corrected chi connectivity index (χ3v) is 10.5. The topological polar surface area (TPSA) is 66.8 Å². The molecule has 4 nitrogen and oxygen atoms in total.